The predicted molar refractivity (Wildman–Crippen MR) is 70.0 cm³/mol. The standard InChI is InChI=1S/C14H20N2O/c1-2-11-6-3-4-8-13(11)16-14(17)12-7-5-9-15-10-12/h3-4,6,8,12,15H,2,5,7,9-10H2,1H3,(H,16,17)/t12-/m1/s1. The monoisotopic (exact) mass is 232 g/mol. The number of hydrogen-bond donors (Lipinski definition) is 2. The maximum Gasteiger partial charge on any atom is 0.228 e. The lowest BCUT2D eigenvalue weighted by Crippen LogP contribution is -2.37. The predicted octanol–water partition coefficient (Wildman–Crippen LogP) is 2.19. The van der Waals surface area contributed by atoms with E-state index >= 15 is 0 Å². The SMILES string of the molecule is CCc1ccccc1NC(=O)[C@@H]1CCCNC1. The molecule has 1 fully saturated rings. The molecule has 92 valence electrons. The third-order valence-electron chi connectivity index (χ3n) is 3.32. The van der Waals surface area contributed by atoms with Crippen LogP contribution >= 0.6 is 0 Å². The summed E-state index contributed by atoms with van der Waals surface area (Å²) < 4.78 is 0. The van der Waals surface area contributed by atoms with Gasteiger partial charge in [-0.25, -0.2) is 0 Å². The van der Waals surface area contributed by atoms with Gasteiger partial charge in [0.2, 0.25) is 5.91 Å². The van der Waals surface area contributed by atoms with Crippen molar-refractivity contribution in [3.05, 3.63) is 29.8 Å². The van der Waals surface area contributed by atoms with Crippen molar-refractivity contribution in [3.8, 4) is 0 Å². The summed E-state index contributed by atoms with van der Waals surface area (Å²) in [6, 6.07) is 8.02. The zero-order chi connectivity index (χ0) is 12.1. The van der Waals surface area contributed by atoms with Crippen LogP contribution < -0.4 is 10.6 Å². The summed E-state index contributed by atoms with van der Waals surface area (Å²) in [5.41, 5.74) is 2.16. The van der Waals surface area contributed by atoms with E-state index < -0.39 is 0 Å². The Hall–Kier alpha value is -1.35. The van der Waals surface area contributed by atoms with Gasteiger partial charge in [0.15, 0.2) is 0 Å². The van der Waals surface area contributed by atoms with Crippen LogP contribution in [0, 0.1) is 5.92 Å². The molecule has 17 heavy (non-hydrogen) atoms. The van der Waals surface area contributed by atoms with Gasteiger partial charge in [-0.1, -0.05) is 25.1 Å². The number of anilines is 1. The van der Waals surface area contributed by atoms with Crippen LogP contribution in [0.3, 0.4) is 0 Å². The molecule has 2 N–H and O–H groups in total. The summed E-state index contributed by atoms with van der Waals surface area (Å²) in [4.78, 5) is 12.1. The van der Waals surface area contributed by atoms with E-state index in [0.717, 1.165) is 38.0 Å². The highest BCUT2D eigenvalue weighted by Gasteiger charge is 2.21. The molecule has 1 aliphatic rings. The molecule has 3 nitrogen and oxygen atoms in total. The highest BCUT2D eigenvalue weighted by atomic mass is 16.1. The number of aryl methyl sites for hydroxylation is 1. The van der Waals surface area contributed by atoms with Gasteiger partial charge in [-0.3, -0.25) is 4.79 Å². The number of piperidine rings is 1. The number of amides is 1. The highest BCUT2D eigenvalue weighted by Crippen LogP contribution is 2.18. The summed E-state index contributed by atoms with van der Waals surface area (Å²) in [6.45, 7) is 3.95. The Labute approximate surface area is 103 Å². The number of nitrogens with one attached hydrogen (secondary N) is 2. The van der Waals surface area contributed by atoms with Gasteiger partial charge >= 0.3 is 0 Å². The van der Waals surface area contributed by atoms with Gasteiger partial charge in [-0.15, -0.1) is 0 Å². The van der Waals surface area contributed by atoms with Crippen molar-refractivity contribution in [2.75, 3.05) is 18.4 Å². The zero-order valence-electron chi connectivity index (χ0n) is 10.3. The molecule has 1 amide bonds. The van der Waals surface area contributed by atoms with Crippen molar-refractivity contribution < 1.29 is 4.79 Å². The minimum atomic E-state index is 0.119. The average Bonchev–Trinajstić information content (AvgIpc) is 2.40. The van der Waals surface area contributed by atoms with Crippen LogP contribution in [0.25, 0.3) is 0 Å². The summed E-state index contributed by atoms with van der Waals surface area (Å²) in [5.74, 6) is 0.270. The molecule has 1 heterocycles. The van der Waals surface area contributed by atoms with E-state index in [4.69, 9.17) is 0 Å². The number of hydrogen-bond acceptors (Lipinski definition) is 2. The second kappa shape index (κ2) is 5.82. The molecule has 0 bridgehead atoms. The van der Waals surface area contributed by atoms with E-state index in [1.54, 1.807) is 0 Å². The number of carbonyl (C=O) groups is 1. The fraction of sp³-hybridized carbons (Fsp3) is 0.500. The van der Waals surface area contributed by atoms with E-state index in [-0.39, 0.29) is 11.8 Å². The van der Waals surface area contributed by atoms with Crippen LogP contribution in [-0.2, 0) is 11.2 Å². The minimum absolute atomic E-state index is 0.119. The largest absolute Gasteiger partial charge is 0.326 e. The fourth-order valence-corrected chi connectivity index (χ4v) is 2.26. The van der Waals surface area contributed by atoms with Gasteiger partial charge in [0, 0.05) is 12.2 Å². The Kier molecular flexibility index (Phi) is 4.15. The Bertz CT molecular complexity index is 384. The molecule has 0 unspecified atom stereocenters. The van der Waals surface area contributed by atoms with Gasteiger partial charge < -0.3 is 10.6 Å². The fourth-order valence-electron chi connectivity index (χ4n) is 2.26. The molecule has 2 rings (SSSR count). The molecule has 0 aromatic heterocycles. The first-order chi connectivity index (χ1) is 8.31. The van der Waals surface area contributed by atoms with Crippen molar-refractivity contribution in [1.82, 2.24) is 5.32 Å². The molecule has 1 aromatic carbocycles. The minimum Gasteiger partial charge on any atom is -0.326 e. The Morgan fingerprint density at radius 3 is 3.00 bits per heavy atom. The molecule has 1 aliphatic heterocycles. The molecule has 3 heteroatoms. The van der Waals surface area contributed by atoms with Gasteiger partial charge in [0.05, 0.1) is 5.92 Å². The number of benzene rings is 1. The third kappa shape index (κ3) is 3.07. The summed E-state index contributed by atoms with van der Waals surface area (Å²) >= 11 is 0. The van der Waals surface area contributed by atoms with Crippen LogP contribution in [0.2, 0.25) is 0 Å². The lowest BCUT2D eigenvalue weighted by Gasteiger charge is -2.22. The molecule has 0 aliphatic carbocycles. The average molecular weight is 232 g/mol. The first-order valence-electron chi connectivity index (χ1n) is 6.40. The van der Waals surface area contributed by atoms with E-state index in [1.807, 2.05) is 18.2 Å². The molecule has 1 saturated heterocycles. The molecular weight excluding hydrogens is 212 g/mol. The molecule has 0 radical (unpaired) electrons. The number of rotatable bonds is 3. The summed E-state index contributed by atoms with van der Waals surface area (Å²) in [5, 5.41) is 6.32. The smallest absolute Gasteiger partial charge is 0.228 e. The normalized spacial score (nSPS) is 19.9. The van der Waals surface area contributed by atoms with E-state index in [0.29, 0.717) is 0 Å². The van der Waals surface area contributed by atoms with Crippen LogP contribution in [0.4, 0.5) is 5.69 Å². The first-order valence-corrected chi connectivity index (χ1v) is 6.40. The van der Waals surface area contributed by atoms with Crippen LogP contribution in [0.5, 0.6) is 0 Å². The van der Waals surface area contributed by atoms with Gasteiger partial charge in [0.1, 0.15) is 0 Å². The van der Waals surface area contributed by atoms with Crippen molar-refractivity contribution in [2.45, 2.75) is 26.2 Å². The van der Waals surface area contributed by atoms with Gasteiger partial charge in [-0.05, 0) is 37.4 Å². The third-order valence-corrected chi connectivity index (χ3v) is 3.32. The van der Waals surface area contributed by atoms with Crippen LogP contribution in [0.1, 0.15) is 25.3 Å². The van der Waals surface area contributed by atoms with Crippen LogP contribution in [0.15, 0.2) is 24.3 Å². The van der Waals surface area contributed by atoms with Crippen molar-refractivity contribution in [2.24, 2.45) is 5.92 Å². The zero-order valence-corrected chi connectivity index (χ0v) is 10.3. The highest BCUT2D eigenvalue weighted by molar-refractivity contribution is 5.93. The van der Waals surface area contributed by atoms with Crippen molar-refractivity contribution >= 4 is 11.6 Å². The maximum atomic E-state index is 12.1. The number of para-hydroxylation sites is 1. The van der Waals surface area contributed by atoms with Crippen LogP contribution in [-0.4, -0.2) is 19.0 Å². The second-order valence-electron chi connectivity index (χ2n) is 4.54. The summed E-state index contributed by atoms with van der Waals surface area (Å²) in [7, 11) is 0. The summed E-state index contributed by atoms with van der Waals surface area (Å²) in [6.07, 6.45) is 3.03. The Morgan fingerprint density at radius 2 is 2.29 bits per heavy atom. The van der Waals surface area contributed by atoms with Crippen molar-refractivity contribution in [3.63, 3.8) is 0 Å². The topological polar surface area (TPSA) is 41.1 Å². The molecule has 1 aromatic rings. The van der Waals surface area contributed by atoms with Gasteiger partial charge in [-0.2, -0.15) is 0 Å². The molecule has 0 spiro atoms. The van der Waals surface area contributed by atoms with E-state index in [1.165, 1.54) is 5.56 Å². The quantitative estimate of drug-likeness (QED) is 0.838. The van der Waals surface area contributed by atoms with E-state index in [2.05, 4.69) is 23.6 Å². The first kappa shape index (κ1) is 12.1. The Morgan fingerprint density at radius 1 is 1.47 bits per heavy atom. The molecular formula is C14H20N2O. The molecule has 1 atom stereocenters. The lowest BCUT2D eigenvalue weighted by atomic mass is 9.98. The second-order valence-corrected chi connectivity index (χ2v) is 4.54. The number of carbonyl (C=O) groups excluding carboxylic acids is 1. The van der Waals surface area contributed by atoms with E-state index in [9.17, 15) is 4.79 Å². The van der Waals surface area contributed by atoms with Crippen molar-refractivity contribution in [1.29, 1.82) is 0 Å². The lowest BCUT2D eigenvalue weighted by molar-refractivity contribution is -0.120. The maximum absolute atomic E-state index is 12.1. The Balaban J connectivity index is 2.01. The molecule has 0 saturated carbocycles. The van der Waals surface area contributed by atoms with Gasteiger partial charge in [0.25, 0.3) is 0 Å².